The Hall–Kier alpha value is -4.00. The summed E-state index contributed by atoms with van der Waals surface area (Å²) in [5.74, 6) is -2.67. The molecule has 0 aliphatic heterocycles. The van der Waals surface area contributed by atoms with Crippen molar-refractivity contribution in [1.82, 2.24) is 26.6 Å². The number of benzene rings is 1. The first-order valence-corrected chi connectivity index (χ1v) is 20.2. The van der Waals surface area contributed by atoms with Crippen molar-refractivity contribution in [2.75, 3.05) is 7.11 Å². The molecular formula is C42H72N6O7. The van der Waals surface area contributed by atoms with E-state index in [1.807, 2.05) is 85.7 Å². The third-order valence-corrected chi connectivity index (χ3v) is 9.70. The van der Waals surface area contributed by atoms with Gasteiger partial charge in [-0.15, -0.1) is 0 Å². The Kier molecular flexibility index (Phi) is 22.5. The molecule has 0 saturated carbocycles. The number of esters is 1. The average molecular weight is 773 g/mol. The molecule has 5 amide bonds. The lowest BCUT2D eigenvalue weighted by Crippen LogP contribution is -2.58. The maximum absolute atomic E-state index is 14.1. The van der Waals surface area contributed by atoms with Gasteiger partial charge < -0.3 is 37.1 Å². The first kappa shape index (κ1) is 49.0. The van der Waals surface area contributed by atoms with Crippen molar-refractivity contribution in [2.45, 2.75) is 157 Å². The van der Waals surface area contributed by atoms with E-state index in [4.69, 9.17) is 10.5 Å². The van der Waals surface area contributed by atoms with Crippen LogP contribution in [0.15, 0.2) is 30.3 Å². The van der Waals surface area contributed by atoms with Crippen molar-refractivity contribution in [3.63, 3.8) is 0 Å². The molecule has 55 heavy (non-hydrogen) atoms. The van der Waals surface area contributed by atoms with Crippen LogP contribution in [-0.2, 0) is 39.9 Å². The molecule has 0 radical (unpaired) electrons. The monoisotopic (exact) mass is 773 g/mol. The number of rotatable bonds is 25. The Balaban J connectivity index is 3.32. The zero-order valence-corrected chi connectivity index (χ0v) is 35.3. The summed E-state index contributed by atoms with van der Waals surface area (Å²) in [6.07, 6.45) is 3.04. The van der Waals surface area contributed by atoms with Crippen LogP contribution in [0.5, 0.6) is 0 Å². The smallest absolute Gasteiger partial charge is 0.328 e. The summed E-state index contributed by atoms with van der Waals surface area (Å²) in [4.78, 5) is 79.9. The summed E-state index contributed by atoms with van der Waals surface area (Å²) in [5, 5.41) is 14.4. The van der Waals surface area contributed by atoms with E-state index in [1.165, 1.54) is 7.11 Å². The summed E-state index contributed by atoms with van der Waals surface area (Å²) in [6.45, 7) is 19.2. The maximum atomic E-state index is 14.1. The molecule has 0 saturated heterocycles. The van der Waals surface area contributed by atoms with Crippen LogP contribution in [0.1, 0.15) is 120 Å². The lowest BCUT2D eigenvalue weighted by atomic mass is 9.94. The highest BCUT2D eigenvalue weighted by Crippen LogP contribution is 2.15. The van der Waals surface area contributed by atoms with Gasteiger partial charge in [0.05, 0.1) is 7.11 Å². The van der Waals surface area contributed by atoms with Gasteiger partial charge in [0.1, 0.15) is 24.2 Å². The second kappa shape index (κ2) is 25.2. The van der Waals surface area contributed by atoms with Gasteiger partial charge in [0, 0.05) is 24.9 Å². The third-order valence-electron chi connectivity index (χ3n) is 9.70. The van der Waals surface area contributed by atoms with Gasteiger partial charge in [-0.25, -0.2) is 4.79 Å². The highest BCUT2D eigenvalue weighted by Gasteiger charge is 2.34. The van der Waals surface area contributed by atoms with Crippen molar-refractivity contribution >= 4 is 35.5 Å². The molecule has 7 atom stereocenters. The van der Waals surface area contributed by atoms with Crippen LogP contribution >= 0.6 is 0 Å². The zero-order valence-electron chi connectivity index (χ0n) is 35.3. The van der Waals surface area contributed by atoms with Crippen molar-refractivity contribution in [2.24, 2.45) is 35.3 Å². The summed E-state index contributed by atoms with van der Waals surface area (Å²) in [5.41, 5.74) is 7.74. The lowest BCUT2D eigenvalue weighted by Gasteiger charge is -2.30. The van der Waals surface area contributed by atoms with Crippen LogP contribution in [-0.4, -0.2) is 78.9 Å². The quantitative estimate of drug-likeness (QED) is 0.0797. The maximum Gasteiger partial charge on any atom is 0.328 e. The largest absolute Gasteiger partial charge is 0.467 e. The molecule has 1 rings (SSSR count). The van der Waals surface area contributed by atoms with Crippen molar-refractivity contribution in [1.29, 1.82) is 0 Å². The van der Waals surface area contributed by atoms with Gasteiger partial charge in [-0.3, -0.25) is 24.0 Å². The first-order chi connectivity index (χ1) is 25.8. The number of ether oxygens (including phenoxy) is 1. The predicted molar refractivity (Wildman–Crippen MR) is 216 cm³/mol. The molecule has 1 aromatic carbocycles. The number of nitrogens with one attached hydrogen (secondary N) is 5. The van der Waals surface area contributed by atoms with Crippen LogP contribution < -0.4 is 32.3 Å². The number of amides is 5. The molecule has 0 aliphatic carbocycles. The topological polar surface area (TPSA) is 198 Å². The summed E-state index contributed by atoms with van der Waals surface area (Å²) in [6, 6.07) is 4.64. The fraction of sp³-hybridized carbons (Fsp3) is 0.714. The first-order valence-electron chi connectivity index (χ1n) is 20.2. The molecule has 0 aliphatic rings. The molecule has 0 bridgehead atoms. The van der Waals surface area contributed by atoms with Gasteiger partial charge in [-0.1, -0.05) is 106 Å². The number of hydrogen-bond donors (Lipinski definition) is 6. The zero-order chi connectivity index (χ0) is 41.8. The van der Waals surface area contributed by atoms with E-state index in [0.29, 0.717) is 38.5 Å². The standard InChI is InChI=1S/C42H72N6O7/c1-12-29(10)38(41(53)48-37(28(8)9)42(54)55-11)47-36(50)24-31(43)32(21-19-30-16-14-13-15-17-30)45-39(51)33(20-18-25(2)3)46-40(52)34(22-26(4)5)44-35(49)23-27(6)7/h13-17,25-29,31-34,37-38H,12,18-24,43H2,1-11H3,(H,44,49)(H,45,51)(H,46,52)(H,47,50)(H,48,53)/t29-,31-,32-,33-,34-,37-,38-/m0/s1. The summed E-state index contributed by atoms with van der Waals surface area (Å²) in [7, 11) is 1.25. The molecule has 0 fully saturated rings. The molecular weight excluding hydrogens is 700 g/mol. The number of carbonyl (C=O) groups is 6. The van der Waals surface area contributed by atoms with E-state index >= 15 is 0 Å². The number of nitrogens with two attached hydrogens (primary N) is 1. The third kappa shape index (κ3) is 18.9. The lowest BCUT2D eigenvalue weighted by molar-refractivity contribution is -0.147. The van der Waals surface area contributed by atoms with Gasteiger partial charge >= 0.3 is 5.97 Å². The van der Waals surface area contributed by atoms with Crippen LogP contribution in [0.2, 0.25) is 0 Å². The molecule has 13 heteroatoms. The van der Waals surface area contributed by atoms with Crippen molar-refractivity contribution in [3.05, 3.63) is 35.9 Å². The summed E-state index contributed by atoms with van der Waals surface area (Å²) >= 11 is 0. The predicted octanol–water partition coefficient (Wildman–Crippen LogP) is 4.16. The van der Waals surface area contributed by atoms with E-state index in [2.05, 4.69) is 26.6 Å². The second-order valence-electron chi connectivity index (χ2n) is 16.6. The number of hydrogen-bond acceptors (Lipinski definition) is 8. The normalized spacial score (nSPS) is 15.3. The van der Waals surface area contributed by atoms with Crippen LogP contribution in [0, 0.1) is 29.6 Å². The fourth-order valence-electron chi connectivity index (χ4n) is 6.17. The molecule has 7 N–H and O–H groups in total. The molecule has 0 heterocycles. The molecule has 1 aromatic rings. The Labute approximate surface area is 330 Å². The molecule has 0 unspecified atom stereocenters. The minimum Gasteiger partial charge on any atom is -0.467 e. The van der Waals surface area contributed by atoms with E-state index in [1.54, 1.807) is 13.8 Å². The fourth-order valence-corrected chi connectivity index (χ4v) is 6.17. The van der Waals surface area contributed by atoms with Gasteiger partial charge in [0.15, 0.2) is 0 Å². The molecule has 13 nitrogen and oxygen atoms in total. The van der Waals surface area contributed by atoms with E-state index in [0.717, 1.165) is 5.56 Å². The number of aryl methyl sites for hydroxylation is 1. The van der Waals surface area contributed by atoms with Crippen molar-refractivity contribution < 1.29 is 33.5 Å². The Bertz CT molecular complexity index is 1350. The Morgan fingerprint density at radius 2 is 1.24 bits per heavy atom. The summed E-state index contributed by atoms with van der Waals surface area (Å²) < 4.78 is 4.87. The Morgan fingerprint density at radius 3 is 1.76 bits per heavy atom. The highest BCUT2D eigenvalue weighted by molar-refractivity contribution is 5.93. The molecule has 0 spiro atoms. The SMILES string of the molecule is CC[C@H](C)[C@H](NC(=O)C[C@H](N)[C@H](CCc1ccccc1)NC(=O)[C@H](CCC(C)C)NC(=O)[C@H](CC(C)C)NC(=O)CC(C)C)C(=O)N[C@H](C(=O)OC)C(C)C. The Morgan fingerprint density at radius 1 is 0.636 bits per heavy atom. The van der Waals surface area contributed by atoms with Gasteiger partial charge in [-0.05, 0) is 67.3 Å². The van der Waals surface area contributed by atoms with E-state index in [-0.39, 0.29) is 48.3 Å². The van der Waals surface area contributed by atoms with Crippen LogP contribution in [0.4, 0.5) is 0 Å². The van der Waals surface area contributed by atoms with Gasteiger partial charge in [-0.2, -0.15) is 0 Å². The minimum absolute atomic E-state index is 0.111. The van der Waals surface area contributed by atoms with Crippen LogP contribution in [0.25, 0.3) is 0 Å². The number of methoxy groups -OCH3 is 1. The van der Waals surface area contributed by atoms with Crippen LogP contribution in [0.3, 0.4) is 0 Å². The highest BCUT2D eigenvalue weighted by atomic mass is 16.5. The number of carbonyl (C=O) groups excluding carboxylic acids is 6. The van der Waals surface area contributed by atoms with Crippen molar-refractivity contribution in [3.8, 4) is 0 Å². The molecule has 0 aromatic heterocycles. The van der Waals surface area contributed by atoms with E-state index in [9.17, 15) is 28.8 Å². The van der Waals surface area contributed by atoms with E-state index < -0.39 is 65.8 Å². The average Bonchev–Trinajstić information content (AvgIpc) is 3.11. The molecule has 312 valence electrons. The van der Waals surface area contributed by atoms with Gasteiger partial charge in [0.25, 0.3) is 0 Å². The second-order valence-corrected chi connectivity index (χ2v) is 16.6. The van der Waals surface area contributed by atoms with Gasteiger partial charge in [0.2, 0.25) is 29.5 Å². The minimum atomic E-state index is -0.941.